The molecule has 1 aliphatic rings. The first-order valence-electron chi connectivity index (χ1n) is 12.2. The third-order valence-corrected chi connectivity index (χ3v) is 6.56. The van der Waals surface area contributed by atoms with E-state index in [1.165, 1.54) is 4.68 Å². The van der Waals surface area contributed by atoms with Gasteiger partial charge in [0.2, 0.25) is 0 Å². The molecule has 6 N–H and O–H groups in total. The lowest BCUT2D eigenvalue weighted by atomic mass is 10.0. The van der Waals surface area contributed by atoms with Crippen molar-refractivity contribution in [3.8, 4) is 28.5 Å². The third-order valence-electron chi connectivity index (χ3n) is 6.56. The summed E-state index contributed by atoms with van der Waals surface area (Å²) in [6.07, 6.45) is 4.60. The normalized spacial score (nSPS) is 15.0. The van der Waals surface area contributed by atoms with Gasteiger partial charge in [-0.05, 0) is 66.9 Å². The number of anilines is 1. The number of amides is 2. The number of nitrogen functional groups attached to an aromatic ring is 1. The summed E-state index contributed by atoms with van der Waals surface area (Å²) in [6.45, 7) is 0.855. The van der Waals surface area contributed by atoms with E-state index < -0.39 is 5.91 Å². The van der Waals surface area contributed by atoms with Gasteiger partial charge in [0.1, 0.15) is 17.3 Å². The summed E-state index contributed by atoms with van der Waals surface area (Å²) < 4.78 is 1.27. The van der Waals surface area contributed by atoms with Crippen molar-refractivity contribution in [2.24, 2.45) is 5.73 Å². The van der Waals surface area contributed by atoms with Crippen LogP contribution in [0.25, 0.3) is 22.4 Å². The van der Waals surface area contributed by atoms with E-state index in [0.717, 1.165) is 36.9 Å². The second kappa shape index (κ2) is 10.5. The van der Waals surface area contributed by atoms with Gasteiger partial charge in [0.15, 0.2) is 5.69 Å². The van der Waals surface area contributed by atoms with Crippen LogP contribution in [-0.4, -0.2) is 33.0 Å². The van der Waals surface area contributed by atoms with Crippen molar-refractivity contribution in [2.45, 2.75) is 25.3 Å². The molecule has 1 unspecified atom stereocenters. The summed E-state index contributed by atoms with van der Waals surface area (Å²) in [5.41, 5.74) is 9.50. The van der Waals surface area contributed by atoms with Crippen LogP contribution in [0, 0.1) is 11.3 Å². The Balaban J connectivity index is 1.35. The van der Waals surface area contributed by atoms with E-state index in [0.29, 0.717) is 34.0 Å². The Kier molecular flexibility index (Phi) is 6.84. The number of pyridine rings is 1. The average Bonchev–Trinajstić information content (AvgIpc) is 3.31. The summed E-state index contributed by atoms with van der Waals surface area (Å²) in [7, 11) is 0. The van der Waals surface area contributed by atoms with Crippen molar-refractivity contribution in [3.05, 3.63) is 89.5 Å². The van der Waals surface area contributed by atoms with Crippen LogP contribution in [0.4, 0.5) is 5.82 Å². The topological polar surface area (TPSA) is 165 Å². The number of nitriles is 1. The first kappa shape index (κ1) is 24.7. The minimum Gasteiger partial charge on any atom is -0.364 e. The zero-order valence-corrected chi connectivity index (χ0v) is 20.5. The van der Waals surface area contributed by atoms with Gasteiger partial charge in [0.25, 0.3) is 11.8 Å². The van der Waals surface area contributed by atoms with Gasteiger partial charge in [0, 0.05) is 17.3 Å². The Morgan fingerprint density at radius 2 is 1.76 bits per heavy atom. The molecular weight excluding hydrogens is 480 g/mol. The van der Waals surface area contributed by atoms with E-state index in [4.69, 9.17) is 16.8 Å². The number of rotatable bonds is 6. The van der Waals surface area contributed by atoms with Crippen molar-refractivity contribution in [1.82, 2.24) is 20.0 Å². The lowest BCUT2D eigenvalue weighted by molar-refractivity contribution is 0.0991. The highest BCUT2D eigenvalue weighted by atomic mass is 16.2. The molecule has 0 spiro atoms. The molecule has 0 radical (unpaired) electrons. The zero-order chi connectivity index (χ0) is 26.6. The molecule has 1 aliphatic heterocycles. The number of hydrogen-bond donors (Lipinski definition) is 4. The predicted molar refractivity (Wildman–Crippen MR) is 143 cm³/mol. The molecule has 0 bridgehead atoms. The number of aromatic nitrogens is 3. The van der Waals surface area contributed by atoms with Gasteiger partial charge in [-0.1, -0.05) is 30.7 Å². The fraction of sp³-hybridized carbons (Fsp3) is 0.179. The monoisotopic (exact) mass is 506 g/mol. The van der Waals surface area contributed by atoms with Crippen LogP contribution in [0.3, 0.4) is 0 Å². The van der Waals surface area contributed by atoms with Crippen molar-refractivity contribution < 1.29 is 9.59 Å². The van der Waals surface area contributed by atoms with Gasteiger partial charge >= 0.3 is 0 Å². The van der Waals surface area contributed by atoms with E-state index in [1.54, 1.807) is 48.7 Å². The number of primary amides is 1. The summed E-state index contributed by atoms with van der Waals surface area (Å²) >= 11 is 0. The molecule has 2 aromatic heterocycles. The van der Waals surface area contributed by atoms with Crippen molar-refractivity contribution in [1.29, 1.82) is 5.26 Å². The van der Waals surface area contributed by atoms with E-state index in [-0.39, 0.29) is 17.6 Å². The Labute approximate surface area is 219 Å². The Morgan fingerprint density at radius 3 is 2.42 bits per heavy atom. The van der Waals surface area contributed by atoms with Crippen LogP contribution in [0.5, 0.6) is 0 Å². The number of nitrogens with one attached hydrogen (secondary N) is 2. The van der Waals surface area contributed by atoms with E-state index in [1.807, 2.05) is 18.2 Å². The molecule has 1 atom stereocenters. The van der Waals surface area contributed by atoms with E-state index in [9.17, 15) is 9.59 Å². The summed E-state index contributed by atoms with van der Waals surface area (Å²) in [5.74, 6) is 6.17. The molecule has 2 amide bonds. The van der Waals surface area contributed by atoms with Gasteiger partial charge in [-0.25, -0.2) is 14.6 Å². The molecule has 3 heterocycles. The highest BCUT2D eigenvalue weighted by Crippen LogP contribution is 2.29. The molecule has 5 rings (SSSR count). The van der Waals surface area contributed by atoms with Crippen LogP contribution in [0.2, 0.25) is 0 Å². The Morgan fingerprint density at radius 1 is 1.03 bits per heavy atom. The van der Waals surface area contributed by atoms with Crippen molar-refractivity contribution >= 4 is 17.6 Å². The number of carbonyl (C=O) groups is 2. The number of imidazole rings is 1. The van der Waals surface area contributed by atoms with Gasteiger partial charge in [-0.2, -0.15) is 5.26 Å². The molecule has 0 saturated carbocycles. The first-order valence-corrected chi connectivity index (χ1v) is 12.2. The molecule has 4 aromatic rings. The highest BCUT2D eigenvalue weighted by Gasteiger charge is 2.27. The van der Waals surface area contributed by atoms with E-state index in [2.05, 4.69) is 26.7 Å². The van der Waals surface area contributed by atoms with E-state index >= 15 is 0 Å². The fourth-order valence-electron chi connectivity index (χ4n) is 4.59. The van der Waals surface area contributed by atoms with Crippen LogP contribution < -0.4 is 22.2 Å². The predicted octanol–water partition coefficient (Wildman–Crippen LogP) is 3.36. The molecular formula is C28H26N8O2. The summed E-state index contributed by atoms with van der Waals surface area (Å²) in [5, 5.41) is 15.2. The Bertz CT molecular complexity index is 1530. The van der Waals surface area contributed by atoms with Gasteiger partial charge in [-0.3, -0.25) is 9.59 Å². The molecule has 2 aromatic carbocycles. The van der Waals surface area contributed by atoms with Crippen molar-refractivity contribution in [3.63, 3.8) is 0 Å². The molecule has 190 valence electrons. The number of nitrogens with zero attached hydrogens (tertiary/aromatic N) is 4. The number of benzene rings is 2. The van der Waals surface area contributed by atoms with Crippen LogP contribution in [0.1, 0.15) is 57.5 Å². The summed E-state index contributed by atoms with van der Waals surface area (Å²) in [6, 6.07) is 19.5. The van der Waals surface area contributed by atoms with Crippen molar-refractivity contribution in [2.75, 3.05) is 17.7 Å². The van der Waals surface area contributed by atoms with Crippen LogP contribution in [0.15, 0.2) is 66.9 Å². The first-order chi connectivity index (χ1) is 18.4. The molecule has 10 heteroatoms. The van der Waals surface area contributed by atoms with Gasteiger partial charge < -0.3 is 22.2 Å². The van der Waals surface area contributed by atoms with Crippen LogP contribution >= 0.6 is 0 Å². The summed E-state index contributed by atoms with van der Waals surface area (Å²) in [4.78, 5) is 34.1. The standard InChI is InChI=1S/C28H26N8O2/c29-16-17-4-6-18(7-5-17)21-12-14-33-23(15-21)34-28(38)20-10-8-19(9-11-20)24-25(26(30)37)36(31)27(35-24)22-3-1-2-13-32-22/h4-12,14-15,22,32H,1-3,13,31H2,(H2,30,37)(H,33,34,38). The average molecular weight is 507 g/mol. The SMILES string of the molecule is N#Cc1ccc(-c2ccnc(NC(=O)c3ccc(-c4nc(C5CCCCN5)n(N)c4C(N)=O)cc3)c2)cc1. The van der Waals surface area contributed by atoms with Gasteiger partial charge in [0.05, 0.1) is 17.7 Å². The number of hydrogen-bond acceptors (Lipinski definition) is 7. The maximum absolute atomic E-state index is 12.9. The molecule has 0 aliphatic carbocycles. The largest absolute Gasteiger partial charge is 0.364 e. The number of carbonyl (C=O) groups excluding carboxylic acids is 2. The quantitative estimate of drug-likeness (QED) is 0.291. The Hall–Kier alpha value is -5.01. The maximum Gasteiger partial charge on any atom is 0.269 e. The van der Waals surface area contributed by atoms with Gasteiger partial charge in [-0.15, -0.1) is 0 Å². The molecule has 1 fully saturated rings. The molecule has 10 nitrogen and oxygen atoms in total. The lowest BCUT2D eigenvalue weighted by Crippen LogP contribution is -2.32. The third kappa shape index (κ3) is 4.96. The fourth-order valence-corrected chi connectivity index (χ4v) is 4.59. The second-order valence-electron chi connectivity index (χ2n) is 9.05. The minimum atomic E-state index is -0.674. The lowest BCUT2D eigenvalue weighted by Gasteiger charge is -2.22. The highest BCUT2D eigenvalue weighted by molar-refractivity contribution is 6.04. The molecule has 1 saturated heterocycles. The second-order valence-corrected chi connectivity index (χ2v) is 9.05. The maximum atomic E-state index is 12.9. The number of nitrogens with two attached hydrogens (primary N) is 2. The number of piperidine rings is 1. The zero-order valence-electron chi connectivity index (χ0n) is 20.5. The smallest absolute Gasteiger partial charge is 0.269 e. The minimum absolute atomic E-state index is 0.0572. The van der Waals surface area contributed by atoms with Crippen LogP contribution in [-0.2, 0) is 0 Å². The molecule has 38 heavy (non-hydrogen) atoms.